The van der Waals surface area contributed by atoms with Gasteiger partial charge in [0.05, 0.1) is 11.0 Å². The van der Waals surface area contributed by atoms with Gasteiger partial charge >= 0.3 is 0 Å². The predicted molar refractivity (Wildman–Crippen MR) is 161 cm³/mol. The third-order valence-electron chi connectivity index (χ3n) is 6.76. The van der Waals surface area contributed by atoms with Crippen LogP contribution in [0.25, 0.3) is 50.0 Å². The maximum atomic E-state index is 4.49. The minimum Gasteiger partial charge on any atom is -0.327 e. The molecule has 0 atom stereocenters. The molecule has 3 heterocycles. The molecule has 0 bridgehead atoms. The molecule has 0 aliphatic heterocycles. The van der Waals surface area contributed by atoms with E-state index in [1.807, 2.05) is 73.8 Å². The van der Waals surface area contributed by atoms with Gasteiger partial charge in [-0.2, -0.15) is 0 Å². The predicted octanol–water partition coefficient (Wildman–Crippen LogP) is 8.81. The van der Waals surface area contributed by atoms with Gasteiger partial charge in [-0.1, -0.05) is 67.6 Å². The summed E-state index contributed by atoms with van der Waals surface area (Å²) in [5.41, 5.74) is 9.81. The fraction of sp³-hybridized carbons (Fsp3) is 0.0556. The molecule has 0 saturated heterocycles. The number of para-hydroxylation sites is 2. The van der Waals surface area contributed by atoms with Crippen LogP contribution in [0, 0.1) is 26.0 Å². The zero-order chi connectivity index (χ0) is 26.6. The van der Waals surface area contributed by atoms with Crippen molar-refractivity contribution in [2.24, 2.45) is 0 Å². The maximum absolute atomic E-state index is 4.49. The molecule has 0 N–H and O–H groups in total. The Morgan fingerprint density at radius 3 is 1.95 bits per heavy atom. The normalized spacial score (nSPS) is 10.6. The first-order chi connectivity index (χ1) is 19.2. The van der Waals surface area contributed by atoms with E-state index in [1.54, 1.807) is 0 Å². The number of nitrogens with zero attached hydrogens (tertiary/aromatic N) is 3. The molecule has 0 unspecified atom stereocenters. The number of hydrogen-bond acceptors (Lipinski definition) is 2. The standard InChI is InChI=1S/C24H17N2.C12H10N.Ir/c1-17-13-14-18(21-10-6-7-15-25-21)16-24(17)26-22-11-4-2-8-19(22)20-9-3-5-12-23(20)26;1-10-6-5-9-12(13-10)11-7-3-2-4-8-11;/h2-13,15-16H,1H3;2-7,9H,1H3;/q2*-1;. The molecule has 0 saturated carbocycles. The number of fused-ring (bicyclic) bond motifs is 3. The van der Waals surface area contributed by atoms with Crippen LogP contribution in [0.4, 0.5) is 0 Å². The van der Waals surface area contributed by atoms with Gasteiger partial charge < -0.3 is 14.5 Å². The molecule has 3 aromatic heterocycles. The molecule has 0 aliphatic rings. The fourth-order valence-electron chi connectivity index (χ4n) is 4.89. The summed E-state index contributed by atoms with van der Waals surface area (Å²) in [5.74, 6) is 0. The van der Waals surface area contributed by atoms with E-state index in [4.69, 9.17) is 0 Å². The van der Waals surface area contributed by atoms with Gasteiger partial charge in [-0.25, -0.2) is 0 Å². The largest absolute Gasteiger partial charge is 0.327 e. The van der Waals surface area contributed by atoms with Crippen LogP contribution >= 0.6 is 0 Å². The Morgan fingerprint density at radius 1 is 0.625 bits per heavy atom. The van der Waals surface area contributed by atoms with E-state index in [-0.39, 0.29) is 20.1 Å². The second-order valence-electron chi connectivity index (χ2n) is 9.44. The number of rotatable bonds is 3. The van der Waals surface area contributed by atoms with Crippen molar-refractivity contribution in [3.63, 3.8) is 0 Å². The van der Waals surface area contributed by atoms with Gasteiger partial charge in [-0.05, 0) is 48.3 Å². The summed E-state index contributed by atoms with van der Waals surface area (Å²) in [7, 11) is 0. The molecular formula is C36H27IrN3-2. The van der Waals surface area contributed by atoms with Crippen LogP contribution in [0.15, 0.2) is 128 Å². The summed E-state index contributed by atoms with van der Waals surface area (Å²) in [6.45, 7) is 4.13. The van der Waals surface area contributed by atoms with Crippen LogP contribution in [0.3, 0.4) is 0 Å². The molecule has 3 nitrogen and oxygen atoms in total. The molecule has 197 valence electrons. The van der Waals surface area contributed by atoms with E-state index in [1.165, 1.54) is 33.1 Å². The first-order valence-electron chi connectivity index (χ1n) is 13.0. The van der Waals surface area contributed by atoms with E-state index in [2.05, 4.69) is 94.3 Å². The van der Waals surface area contributed by atoms with Gasteiger partial charge in [0.15, 0.2) is 0 Å². The third kappa shape index (κ3) is 5.51. The van der Waals surface area contributed by atoms with Gasteiger partial charge in [-0.3, -0.25) is 0 Å². The number of pyridine rings is 2. The number of aryl methyl sites for hydroxylation is 2. The minimum absolute atomic E-state index is 0. The van der Waals surface area contributed by atoms with E-state index in [0.717, 1.165) is 28.2 Å². The Morgan fingerprint density at radius 2 is 1.30 bits per heavy atom. The van der Waals surface area contributed by atoms with Crippen molar-refractivity contribution >= 4 is 21.8 Å². The molecule has 7 rings (SSSR count). The molecule has 40 heavy (non-hydrogen) atoms. The van der Waals surface area contributed by atoms with Crippen molar-refractivity contribution in [3.8, 4) is 28.2 Å². The summed E-state index contributed by atoms with van der Waals surface area (Å²) in [4.78, 5) is 8.90. The van der Waals surface area contributed by atoms with E-state index in [9.17, 15) is 0 Å². The van der Waals surface area contributed by atoms with Crippen LogP contribution in [0.1, 0.15) is 11.3 Å². The van der Waals surface area contributed by atoms with Crippen LogP contribution in [-0.4, -0.2) is 14.5 Å². The van der Waals surface area contributed by atoms with Crippen molar-refractivity contribution < 1.29 is 20.1 Å². The number of aromatic nitrogens is 3. The van der Waals surface area contributed by atoms with E-state index in [0.29, 0.717) is 0 Å². The summed E-state index contributed by atoms with van der Waals surface area (Å²) < 4.78 is 2.35. The summed E-state index contributed by atoms with van der Waals surface area (Å²) in [5, 5.41) is 2.55. The zero-order valence-corrected chi connectivity index (χ0v) is 24.7. The summed E-state index contributed by atoms with van der Waals surface area (Å²) >= 11 is 0. The smallest absolute Gasteiger partial charge is 0.0523 e. The van der Waals surface area contributed by atoms with Crippen molar-refractivity contribution in [1.82, 2.24) is 14.5 Å². The molecular weight excluding hydrogens is 667 g/mol. The van der Waals surface area contributed by atoms with Crippen molar-refractivity contribution in [3.05, 3.63) is 151 Å². The first-order valence-corrected chi connectivity index (χ1v) is 13.0. The van der Waals surface area contributed by atoms with Gasteiger partial charge in [0.2, 0.25) is 0 Å². The molecule has 0 aliphatic carbocycles. The molecule has 0 fully saturated rings. The van der Waals surface area contributed by atoms with Gasteiger partial charge in [0, 0.05) is 42.8 Å². The minimum atomic E-state index is 0. The fourth-order valence-corrected chi connectivity index (χ4v) is 4.89. The molecule has 0 amide bonds. The van der Waals surface area contributed by atoms with Crippen LogP contribution in [0.5, 0.6) is 0 Å². The number of hydrogen-bond donors (Lipinski definition) is 0. The monoisotopic (exact) mass is 694 g/mol. The second kappa shape index (κ2) is 12.2. The Bertz CT molecular complexity index is 1820. The van der Waals surface area contributed by atoms with Gasteiger partial charge in [-0.15, -0.1) is 65.2 Å². The molecule has 7 aromatic rings. The Balaban J connectivity index is 0.000000195. The summed E-state index contributed by atoms with van der Waals surface area (Å²) in [6.07, 6.45) is 1.82. The Kier molecular flexibility index (Phi) is 8.31. The maximum Gasteiger partial charge on any atom is 0.0523 e. The van der Waals surface area contributed by atoms with Crippen LogP contribution in [-0.2, 0) is 20.1 Å². The van der Waals surface area contributed by atoms with Crippen molar-refractivity contribution in [1.29, 1.82) is 0 Å². The molecule has 4 aromatic carbocycles. The van der Waals surface area contributed by atoms with Gasteiger partial charge in [0.25, 0.3) is 0 Å². The van der Waals surface area contributed by atoms with Crippen LogP contribution < -0.4 is 0 Å². The average molecular weight is 694 g/mol. The number of benzene rings is 4. The van der Waals surface area contributed by atoms with E-state index < -0.39 is 0 Å². The van der Waals surface area contributed by atoms with Crippen molar-refractivity contribution in [2.75, 3.05) is 0 Å². The summed E-state index contributed by atoms with van der Waals surface area (Å²) in [6, 6.07) is 47.8. The first kappa shape index (κ1) is 27.2. The zero-order valence-electron chi connectivity index (χ0n) is 22.3. The molecule has 4 heteroatoms. The quantitative estimate of drug-likeness (QED) is 0.173. The molecule has 1 radical (unpaired) electrons. The average Bonchev–Trinajstić information content (AvgIpc) is 3.33. The topological polar surface area (TPSA) is 30.7 Å². The van der Waals surface area contributed by atoms with Crippen molar-refractivity contribution in [2.45, 2.75) is 13.8 Å². The van der Waals surface area contributed by atoms with Crippen LogP contribution in [0.2, 0.25) is 0 Å². The molecule has 0 spiro atoms. The SMILES string of the molecule is Cc1c[c-]c(-c2ccccn2)cc1-n1c2ccccc2c2ccccc21.Cc1cccc(-c2[c-]cccc2)n1.[Ir]. The second-order valence-corrected chi connectivity index (χ2v) is 9.44. The Labute approximate surface area is 248 Å². The Hall–Kier alpha value is -4.37. The third-order valence-corrected chi connectivity index (χ3v) is 6.76. The van der Waals surface area contributed by atoms with Gasteiger partial charge in [0.1, 0.15) is 0 Å². The van der Waals surface area contributed by atoms with E-state index >= 15 is 0 Å².